The maximum absolute atomic E-state index is 3.58. The molecule has 1 aliphatic rings. The number of hydrogen-bond donors (Lipinski definition) is 1. The molecule has 0 fully saturated rings. The first-order valence-corrected chi connectivity index (χ1v) is 7.32. The molecule has 0 bridgehead atoms. The number of benzene rings is 2. The van der Waals surface area contributed by atoms with Crippen LogP contribution in [0.2, 0.25) is 0 Å². The smallest absolute Gasteiger partial charge is 0.0436 e. The van der Waals surface area contributed by atoms with Gasteiger partial charge in [0.05, 0.1) is 0 Å². The van der Waals surface area contributed by atoms with Crippen molar-refractivity contribution in [1.82, 2.24) is 5.32 Å². The summed E-state index contributed by atoms with van der Waals surface area (Å²) in [7, 11) is 1.99. The van der Waals surface area contributed by atoms with Gasteiger partial charge in [0.25, 0.3) is 0 Å². The zero-order valence-corrected chi connectivity index (χ0v) is 12.6. The molecule has 0 atom stereocenters. The molecule has 3 rings (SSSR count). The number of halogens is 1. The highest BCUT2D eigenvalue weighted by Crippen LogP contribution is 2.32. The number of nitrogens with zero attached hydrogens (tertiary/aromatic N) is 1. The van der Waals surface area contributed by atoms with Gasteiger partial charge in [-0.15, -0.1) is 0 Å². The molecule has 2 aromatic carbocycles. The van der Waals surface area contributed by atoms with Gasteiger partial charge in [0.15, 0.2) is 0 Å². The summed E-state index contributed by atoms with van der Waals surface area (Å²) >= 11 is 3.58. The lowest BCUT2D eigenvalue weighted by molar-refractivity contribution is 0.797. The van der Waals surface area contributed by atoms with Crippen LogP contribution in [0.5, 0.6) is 0 Å². The van der Waals surface area contributed by atoms with E-state index in [1.807, 2.05) is 7.05 Å². The third-order valence-electron chi connectivity index (χ3n) is 3.60. The average Bonchev–Trinajstić information content (AvgIpc) is 2.84. The number of fused-ring (bicyclic) bond motifs is 1. The van der Waals surface area contributed by atoms with Crippen molar-refractivity contribution in [3.63, 3.8) is 0 Å². The van der Waals surface area contributed by atoms with Crippen molar-refractivity contribution in [2.24, 2.45) is 0 Å². The van der Waals surface area contributed by atoms with Crippen LogP contribution in [0.1, 0.15) is 16.7 Å². The Morgan fingerprint density at radius 2 is 1.79 bits per heavy atom. The van der Waals surface area contributed by atoms with E-state index >= 15 is 0 Å². The molecule has 1 aliphatic heterocycles. The van der Waals surface area contributed by atoms with Gasteiger partial charge in [-0.1, -0.05) is 46.3 Å². The summed E-state index contributed by atoms with van der Waals surface area (Å²) in [5, 5.41) is 3.25. The number of anilines is 1. The molecule has 0 saturated carbocycles. The average molecular weight is 317 g/mol. The summed E-state index contributed by atoms with van der Waals surface area (Å²) in [5.41, 5.74) is 5.55. The van der Waals surface area contributed by atoms with E-state index in [0.29, 0.717) is 0 Å². The van der Waals surface area contributed by atoms with E-state index in [1.165, 1.54) is 22.4 Å². The van der Waals surface area contributed by atoms with E-state index in [0.717, 1.165) is 24.1 Å². The third-order valence-corrected chi connectivity index (χ3v) is 4.09. The molecule has 0 saturated heterocycles. The van der Waals surface area contributed by atoms with Crippen molar-refractivity contribution in [3.8, 4) is 0 Å². The third kappa shape index (κ3) is 2.53. The predicted octanol–water partition coefficient (Wildman–Crippen LogP) is 3.69. The molecule has 19 heavy (non-hydrogen) atoms. The van der Waals surface area contributed by atoms with E-state index in [9.17, 15) is 0 Å². The lowest BCUT2D eigenvalue weighted by Gasteiger charge is -2.22. The number of hydrogen-bond acceptors (Lipinski definition) is 2. The van der Waals surface area contributed by atoms with E-state index in [-0.39, 0.29) is 0 Å². The van der Waals surface area contributed by atoms with E-state index in [4.69, 9.17) is 0 Å². The van der Waals surface area contributed by atoms with Crippen LogP contribution >= 0.6 is 15.9 Å². The van der Waals surface area contributed by atoms with Crippen molar-refractivity contribution in [2.45, 2.75) is 19.6 Å². The molecule has 0 amide bonds. The molecule has 98 valence electrons. The normalized spacial score (nSPS) is 13.7. The van der Waals surface area contributed by atoms with Crippen LogP contribution in [0, 0.1) is 0 Å². The highest BCUT2D eigenvalue weighted by atomic mass is 79.9. The summed E-state index contributed by atoms with van der Waals surface area (Å²) in [5.74, 6) is 0. The van der Waals surface area contributed by atoms with E-state index in [1.54, 1.807) is 0 Å². The second kappa shape index (κ2) is 5.35. The van der Waals surface area contributed by atoms with Crippen molar-refractivity contribution < 1.29 is 0 Å². The summed E-state index contributed by atoms with van der Waals surface area (Å²) in [4.78, 5) is 2.45. The van der Waals surface area contributed by atoms with Crippen molar-refractivity contribution in [3.05, 3.63) is 63.6 Å². The Bertz CT molecular complexity index is 570. The Balaban J connectivity index is 1.94. The van der Waals surface area contributed by atoms with Gasteiger partial charge in [-0.3, -0.25) is 0 Å². The monoisotopic (exact) mass is 316 g/mol. The van der Waals surface area contributed by atoms with Gasteiger partial charge in [-0.2, -0.15) is 0 Å². The van der Waals surface area contributed by atoms with Gasteiger partial charge in [0.2, 0.25) is 0 Å². The van der Waals surface area contributed by atoms with Gasteiger partial charge in [-0.05, 0) is 35.9 Å². The van der Waals surface area contributed by atoms with Gasteiger partial charge in [0.1, 0.15) is 0 Å². The number of rotatable bonds is 3. The fourth-order valence-corrected chi connectivity index (χ4v) is 3.02. The molecule has 0 radical (unpaired) electrons. The fraction of sp³-hybridized carbons (Fsp3) is 0.250. The maximum atomic E-state index is 3.58. The zero-order chi connectivity index (χ0) is 13.2. The Morgan fingerprint density at radius 1 is 1.11 bits per heavy atom. The molecule has 1 N–H and O–H groups in total. The van der Waals surface area contributed by atoms with Crippen LogP contribution in [-0.2, 0) is 19.6 Å². The van der Waals surface area contributed by atoms with Crippen molar-refractivity contribution in [2.75, 3.05) is 11.9 Å². The Kier molecular flexibility index (Phi) is 3.58. The molecule has 0 unspecified atom stereocenters. The van der Waals surface area contributed by atoms with Crippen LogP contribution in [0.15, 0.2) is 46.9 Å². The fourth-order valence-electron chi connectivity index (χ4n) is 2.67. The van der Waals surface area contributed by atoms with Crippen LogP contribution in [0.4, 0.5) is 5.69 Å². The minimum atomic E-state index is 0.898. The van der Waals surface area contributed by atoms with Gasteiger partial charge in [0, 0.05) is 29.8 Å². The van der Waals surface area contributed by atoms with Crippen LogP contribution in [0.3, 0.4) is 0 Å². The van der Waals surface area contributed by atoms with Crippen molar-refractivity contribution >= 4 is 21.6 Å². The lowest BCUT2D eigenvalue weighted by Crippen LogP contribution is -2.18. The first-order chi connectivity index (χ1) is 9.28. The molecule has 0 spiro atoms. The minimum absolute atomic E-state index is 0.898. The quantitative estimate of drug-likeness (QED) is 0.929. The summed E-state index contributed by atoms with van der Waals surface area (Å²) in [6.45, 7) is 2.90. The van der Waals surface area contributed by atoms with E-state index in [2.05, 4.69) is 68.6 Å². The zero-order valence-electron chi connectivity index (χ0n) is 11.0. The Morgan fingerprint density at radius 3 is 2.42 bits per heavy atom. The second-order valence-corrected chi connectivity index (χ2v) is 5.84. The lowest BCUT2D eigenvalue weighted by atomic mass is 10.1. The Hall–Kier alpha value is -1.32. The maximum Gasteiger partial charge on any atom is 0.0436 e. The van der Waals surface area contributed by atoms with Crippen LogP contribution in [-0.4, -0.2) is 7.05 Å². The van der Waals surface area contributed by atoms with Crippen LogP contribution < -0.4 is 10.2 Å². The first-order valence-electron chi connectivity index (χ1n) is 6.52. The molecular formula is C16H17BrN2. The molecule has 2 aromatic rings. The minimum Gasteiger partial charge on any atom is -0.363 e. The summed E-state index contributed by atoms with van der Waals surface area (Å²) < 4.78 is 1.14. The highest BCUT2D eigenvalue weighted by Gasteiger charge is 2.20. The standard InChI is InChI=1S/C16H17BrN2/c1-18-9-12-6-7-15(17)8-16(12)19-10-13-4-2-3-5-14(13)11-19/h2-8,18H,9-11H2,1H3. The molecule has 1 heterocycles. The molecule has 0 aromatic heterocycles. The van der Waals surface area contributed by atoms with Crippen molar-refractivity contribution in [1.29, 1.82) is 0 Å². The summed E-state index contributed by atoms with van der Waals surface area (Å²) in [6.07, 6.45) is 0. The van der Waals surface area contributed by atoms with E-state index < -0.39 is 0 Å². The highest BCUT2D eigenvalue weighted by molar-refractivity contribution is 9.10. The molecular weight excluding hydrogens is 300 g/mol. The van der Waals surface area contributed by atoms with Crippen LogP contribution in [0.25, 0.3) is 0 Å². The second-order valence-electron chi connectivity index (χ2n) is 4.93. The summed E-state index contributed by atoms with van der Waals surface area (Å²) in [6, 6.07) is 15.2. The van der Waals surface area contributed by atoms with Gasteiger partial charge in [-0.25, -0.2) is 0 Å². The largest absolute Gasteiger partial charge is 0.363 e. The molecule has 0 aliphatic carbocycles. The number of nitrogens with one attached hydrogen (secondary N) is 1. The van der Waals surface area contributed by atoms with Gasteiger partial charge < -0.3 is 10.2 Å². The molecule has 2 nitrogen and oxygen atoms in total. The van der Waals surface area contributed by atoms with Gasteiger partial charge >= 0.3 is 0 Å². The topological polar surface area (TPSA) is 15.3 Å². The Labute approximate surface area is 122 Å². The SMILES string of the molecule is CNCc1ccc(Br)cc1N1Cc2ccccc2C1. The predicted molar refractivity (Wildman–Crippen MR) is 83.2 cm³/mol. The molecule has 3 heteroatoms. The first kappa shape index (κ1) is 12.7.